The van der Waals surface area contributed by atoms with Gasteiger partial charge in [0.15, 0.2) is 0 Å². The van der Waals surface area contributed by atoms with Crippen LogP contribution in [0, 0.1) is 23.2 Å². The van der Waals surface area contributed by atoms with Gasteiger partial charge in [-0.25, -0.2) is 0 Å². The number of benzene rings is 1. The summed E-state index contributed by atoms with van der Waals surface area (Å²) >= 11 is 0. The van der Waals surface area contributed by atoms with Crippen LogP contribution in [-0.4, -0.2) is 24.0 Å². The first-order chi connectivity index (χ1) is 12.6. The summed E-state index contributed by atoms with van der Waals surface area (Å²) in [6, 6.07) is 8.06. The molecular formula is C21H26N4O. The molecule has 0 saturated heterocycles. The second-order valence-corrected chi connectivity index (χ2v) is 8.81. The second-order valence-electron chi connectivity index (χ2n) is 8.81. The third-order valence-electron chi connectivity index (χ3n) is 6.90. The highest BCUT2D eigenvalue weighted by molar-refractivity contribution is 6.06. The first kappa shape index (κ1) is 16.0. The van der Waals surface area contributed by atoms with Gasteiger partial charge >= 0.3 is 0 Å². The third-order valence-corrected chi connectivity index (χ3v) is 6.90. The largest absolute Gasteiger partial charge is 0.326 e. The minimum atomic E-state index is -0.103. The van der Waals surface area contributed by atoms with Gasteiger partial charge in [-0.15, -0.1) is 0 Å². The fourth-order valence-corrected chi connectivity index (χ4v) is 6.09. The van der Waals surface area contributed by atoms with Crippen molar-refractivity contribution in [2.45, 2.75) is 51.5 Å². The molecule has 1 aromatic rings. The Kier molecular flexibility index (Phi) is 3.66. The maximum Gasteiger partial charge on any atom is 0.230 e. The molecule has 0 spiro atoms. The molecular weight excluding hydrogens is 324 g/mol. The van der Waals surface area contributed by atoms with Crippen LogP contribution in [0.3, 0.4) is 0 Å². The van der Waals surface area contributed by atoms with Crippen LogP contribution in [0.1, 0.15) is 51.0 Å². The predicted molar refractivity (Wildman–Crippen MR) is 103 cm³/mol. The average Bonchev–Trinajstić information content (AvgIpc) is 2.62. The van der Waals surface area contributed by atoms with Gasteiger partial charge in [0.2, 0.25) is 5.91 Å². The van der Waals surface area contributed by atoms with Crippen LogP contribution in [-0.2, 0) is 4.79 Å². The van der Waals surface area contributed by atoms with E-state index >= 15 is 0 Å². The summed E-state index contributed by atoms with van der Waals surface area (Å²) < 4.78 is 0. The highest BCUT2D eigenvalue weighted by Crippen LogP contribution is 2.60. The van der Waals surface area contributed by atoms with Gasteiger partial charge in [0.1, 0.15) is 6.34 Å². The van der Waals surface area contributed by atoms with E-state index in [2.05, 4.69) is 20.8 Å². The lowest BCUT2D eigenvalue weighted by atomic mass is 9.49. The van der Waals surface area contributed by atoms with E-state index in [1.54, 1.807) is 6.34 Å². The smallest absolute Gasteiger partial charge is 0.230 e. The van der Waals surface area contributed by atoms with Crippen LogP contribution in [0.15, 0.2) is 34.4 Å². The molecule has 6 rings (SSSR count). The Hall–Kier alpha value is -2.17. The summed E-state index contributed by atoms with van der Waals surface area (Å²) in [4.78, 5) is 17.5. The van der Waals surface area contributed by atoms with E-state index in [-0.39, 0.29) is 17.4 Å². The molecule has 1 heterocycles. The third kappa shape index (κ3) is 2.65. The Labute approximate surface area is 154 Å². The van der Waals surface area contributed by atoms with E-state index in [0.717, 1.165) is 54.0 Å². The molecule has 1 aromatic carbocycles. The number of carbonyl (C=O) groups is 1. The van der Waals surface area contributed by atoms with Crippen molar-refractivity contribution < 1.29 is 4.79 Å². The van der Waals surface area contributed by atoms with Crippen molar-refractivity contribution in [2.24, 2.45) is 33.3 Å². The summed E-state index contributed by atoms with van der Waals surface area (Å²) in [7, 11) is 0. The van der Waals surface area contributed by atoms with Crippen LogP contribution in [0.2, 0.25) is 0 Å². The molecule has 4 saturated carbocycles. The lowest BCUT2D eigenvalue weighted by Crippen LogP contribution is -2.51. The molecule has 4 bridgehead atoms. The van der Waals surface area contributed by atoms with Crippen molar-refractivity contribution in [3.8, 4) is 0 Å². The molecule has 26 heavy (non-hydrogen) atoms. The van der Waals surface area contributed by atoms with Gasteiger partial charge in [0, 0.05) is 11.3 Å². The standard InChI is InChI=1S/C21H26N4O/c1-13-19(25-23-12-22-13)17-2-4-18(5-3-17)24-20(26)21-9-14-6-15(10-21)8-16(7-14)11-21/h2-5,12-16H,6-11H2,1H3,(H,22,23)(H,24,26). The second kappa shape index (κ2) is 5.93. The average molecular weight is 350 g/mol. The van der Waals surface area contributed by atoms with Crippen molar-refractivity contribution in [2.75, 3.05) is 5.32 Å². The summed E-state index contributed by atoms with van der Waals surface area (Å²) in [5, 5.41) is 7.54. The lowest BCUT2D eigenvalue weighted by molar-refractivity contribution is -0.140. The van der Waals surface area contributed by atoms with Gasteiger partial charge in [-0.3, -0.25) is 15.2 Å². The van der Waals surface area contributed by atoms with E-state index in [9.17, 15) is 4.79 Å². The Morgan fingerprint density at radius 1 is 1.08 bits per heavy atom. The minimum absolute atomic E-state index is 0.0451. The van der Waals surface area contributed by atoms with Gasteiger partial charge in [0.25, 0.3) is 0 Å². The van der Waals surface area contributed by atoms with Gasteiger partial charge in [-0.2, -0.15) is 5.10 Å². The summed E-state index contributed by atoms with van der Waals surface area (Å²) in [6.45, 7) is 2.03. The first-order valence-electron chi connectivity index (χ1n) is 9.88. The van der Waals surface area contributed by atoms with E-state index < -0.39 is 0 Å². The monoisotopic (exact) mass is 350 g/mol. The first-order valence-corrected chi connectivity index (χ1v) is 9.88. The predicted octanol–water partition coefficient (Wildman–Crippen LogP) is 3.57. The zero-order valence-electron chi connectivity index (χ0n) is 15.2. The van der Waals surface area contributed by atoms with Crippen molar-refractivity contribution >= 4 is 23.6 Å². The topological polar surface area (TPSA) is 65.8 Å². The van der Waals surface area contributed by atoms with Crippen LogP contribution >= 0.6 is 0 Å². The number of carbonyl (C=O) groups excluding carboxylic acids is 1. The van der Waals surface area contributed by atoms with Crippen LogP contribution < -0.4 is 10.7 Å². The number of nitrogens with one attached hydrogen (secondary N) is 2. The Morgan fingerprint density at radius 3 is 2.27 bits per heavy atom. The number of nitrogens with zero attached hydrogens (tertiary/aromatic N) is 2. The number of anilines is 1. The number of rotatable bonds is 3. The molecule has 4 aliphatic carbocycles. The summed E-state index contributed by atoms with van der Waals surface area (Å²) in [5.74, 6) is 2.61. The van der Waals surface area contributed by atoms with E-state index in [1.807, 2.05) is 31.2 Å². The Morgan fingerprint density at radius 2 is 1.69 bits per heavy atom. The molecule has 5 aliphatic rings. The van der Waals surface area contributed by atoms with Crippen molar-refractivity contribution in [1.29, 1.82) is 0 Å². The summed E-state index contributed by atoms with van der Waals surface area (Å²) in [6.07, 6.45) is 8.99. The molecule has 0 aromatic heterocycles. The lowest BCUT2D eigenvalue weighted by Gasteiger charge is -2.55. The van der Waals surface area contributed by atoms with Crippen LogP contribution in [0.4, 0.5) is 5.69 Å². The minimum Gasteiger partial charge on any atom is -0.326 e. The maximum atomic E-state index is 13.1. The zero-order chi connectivity index (χ0) is 17.7. The molecule has 0 radical (unpaired) electrons. The molecule has 4 fully saturated rings. The zero-order valence-corrected chi connectivity index (χ0v) is 15.2. The highest BCUT2D eigenvalue weighted by Gasteiger charge is 2.54. The Balaban J connectivity index is 1.31. The fourth-order valence-electron chi connectivity index (χ4n) is 6.09. The quantitative estimate of drug-likeness (QED) is 0.875. The number of hydrogen-bond acceptors (Lipinski definition) is 4. The van der Waals surface area contributed by atoms with E-state index in [1.165, 1.54) is 19.3 Å². The maximum absolute atomic E-state index is 13.1. The molecule has 5 heteroatoms. The number of hydrazone groups is 1. The fraction of sp³-hybridized carbons (Fsp3) is 0.571. The van der Waals surface area contributed by atoms with Gasteiger partial charge < -0.3 is 5.32 Å². The van der Waals surface area contributed by atoms with Crippen molar-refractivity contribution in [3.63, 3.8) is 0 Å². The summed E-state index contributed by atoms with van der Waals surface area (Å²) in [5.41, 5.74) is 5.55. The molecule has 2 N–H and O–H groups in total. The molecule has 1 unspecified atom stereocenters. The van der Waals surface area contributed by atoms with E-state index in [0.29, 0.717) is 0 Å². The number of aliphatic imine (C=N–C) groups is 1. The molecule has 5 nitrogen and oxygen atoms in total. The van der Waals surface area contributed by atoms with Crippen molar-refractivity contribution in [3.05, 3.63) is 29.8 Å². The molecule has 136 valence electrons. The number of hydrogen-bond donors (Lipinski definition) is 2. The molecule has 1 atom stereocenters. The highest BCUT2D eigenvalue weighted by atomic mass is 16.2. The van der Waals surface area contributed by atoms with Gasteiger partial charge in [-0.1, -0.05) is 12.1 Å². The van der Waals surface area contributed by atoms with Gasteiger partial charge in [0.05, 0.1) is 17.2 Å². The SMILES string of the molecule is CC1N=CNN=C1c1ccc(NC(=O)C23CC4CC(CC(C4)C2)C3)cc1. The van der Waals surface area contributed by atoms with Crippen molar-refractivity contribution in [1.82, 2.24) is 5.43 Å². The normalized spacial score (nSPS) is 37.2. The van der Waals surface area contributed by atoms with E-state index in [4.69, 9.17) is 0 Å². The van der Waals surface area contributed by atoms with Gasteiger partial charge in [-0.05, 0) is 75.3 Å². The van der Waals surface area contributed by atoms with Crippen LogP contribution in [0.5, 0.6) is 0 Å². The van der Waals surface area contributed by atoms with Crippen LogP contribution in [0.25, 0.3) is 0 Å². The molecule has 1 aliphatic heterocycles. The Bertz CT molecular complexity index is 744. The number of amides is 1. The molecule has 1 amide bonds.